The number of nitrogens with one attached hydrogen (secondary N) is 1. The Bertz CT molecular complexity index is 493. The summed E-state index contributed by atoms with van der Waals surface area (Å²) in [6, 6.07) is 6.98. The number of carbonyl (C=O) groups is 2. The van der Waals surface area contributed by atoms with Crippen molar-refractivity contribution in [2.75, 3.05) is 25.0 Å². The van der Waals surface area contributed by atoms with E-state index >= 15 is 0 Å². The van der Waals surface area contributed by atoms with Crippen molar-refractivity contribution in [3.63, 3.8) is 0 Å². The van der Waals surface area contributed by atoms with Gasteiger partial charge in [-0.15, -0.1) is 0 Å². The first-order valence-electron chi connectivity index (χ1n) is 7.11. The maximum absolute atomic E-state index is 11.6. The lowest BCUT2D eigenvalue weighted by Gasteiger charge is -2.32. The molecular weight excluding hydrogens is 272 g/mol. The number of likely N-dealkylation sites (tertiary alicyclic amines) is 1. The molecule has 0 atom stereocenters. The van der Waals surface area contributed by atoms with E-state index in [9.17, 15) is 9.59 Å². The van der Waals surface area contributed by atoms with E-state index < -0.39 is 5.97 Å². The van der Waals surface area contributed by atoms with Gasteiger partial charge in [-0.3, -0.25) is 0 Å². The molecule has 0 bridgehead atoms. The summed E-state index contributed by atoms with van der Waals surface area (Å²) < 4.78 is 4.98. The van der Waals surface area contributed by atoms with Crippen LogP contribution in [0.3, 0.4) is 0 Å². The van der Waals surface area contributed by atoms with E-state index in [1.165, 1.54) is 0 Å². The lowest BCUT2D eigenvalue weighted by molar-refractivity contribution is 0.0696. The number of carboxylic acid groups (broad SMARTS) is 1. The summed E-state index contributed by atoms with van der Waals surface area (Å²) in [7, 11) is 0. The molecule has 1 aromatic carbocycles. The van der Waals surface area contributed by atoms with Crippen molar-refractivity contribution < 1.29 is 19.4 Å². The highest BCUT2D eigenvalue weighted by Crippen LogP contribution is 2.17. The van der Waals surface area contributed by atoms with Crippen molar-refractivity contribution in [2.24, 2.45) is 0 Å². The SMILES string of the molecule is CCOC(=O)N1CCC(Nc2ccc(C(=O)O)cc2)CC1. The minimum Gasteiger partial charge on any atom is -0.478 e. The molecule has 2 rings (SSSR count). The third kappa shape index (κ3) is 4.11. The topological polar surface area (TPSA) is 78.9 Å². The first-order valence-corrected chi connectivity index (χ1v) is 7.11. The second-order valence-electron chi connectivity index (χ2n) is 4.99. The molecule has 114 valence electrons. The molecule has 1 saturated heterocycles. The van der Waals surface area contributed by atoms with E-state index in [1.807, 2.05) is 0 Å². The predicted molar refractivity (Wildman–Crippen MR) is 78.6 cm³/mol. The zero-order chi connectivity index (χ0) is 15.2. The van der Waals surface area contributed by atoms with Crippen LogP contribution in [-0.4, -0.2) is 47.8 Å². The van der Waals surface area contributed by atoms with Crippen LogP contribution in [0.1, 0.15) is 30.1 Å². The number of amides is 1. The van der Waals surface area contributed by atoms with Crippen LogP contribution >= 0.6 is 0 Å². The summed E-state index contributed by atoms with van der Waals surface area (Å²) >= 11 is 0. The number of carboxylic acids is 1. The highest BCUT2D eigenvalue weighted by atomic mass is 16.6. The maximum Gasteiger partial charge on any atom is 0.409 e. The fourth-order valence-corrected chi connectivity index (χ4v) is 2.37. The van der Waals surface area contributed by atoms with Gasteiger partial charge in [-0.25, -0.2) is 9.59 Å². The first kappa shape index (κ1) is 15.2. The zero-order valence-corrected chi connectivity index (χ0v) is 12.0. The quantitative estimate of drug-likeness (QED) is 0.891. The smallest absolute Gasteiger partial charge is 0.409 e. The van der Waals surface area contributed by atoms with Crippen molar-refractivity contribution in [1.29, 1.82) is 0 Å². The molecule has 0 radical (unpaired) electrons. The first-order chi connectivity index (χ1) is 10.1. The largest absolute Gasteiger partial charge is 0.478 e. The van der Waals surface area contributed by atoms with E-state index in [4.69, 9.17) is 9.84 Å². The Hall–Kier alpha value is -2.24. The number of nitrogens with zero attached hydrogens (tertiary/aromatic N) is 1. The number of anilines is 1. The van der Waals surface area contributed by atoms with Gasteiger partial charge in [0.05, 0.1) is 12.2 Å². The Morgan fingerprint density at radius 3 is 2.43 bits per heavy atom. The third-order valence-electron chi connectivity index (χ3n) is 3.52. The Kier molecular flexibility index (Phi) is 5.03. The second-order valence-corrected chi connectivity index (χ2v) is 4.99. The average molecular weight is 292 g/mol. The fraction of sp³-hybridized carbons (Fsp3) is 0.467. The minimum absolute atomic E-state index is 0.248. The molecule has 0 unspecified atom stereocenters. The molecule has 1 aliphatic rings. The molecule has 1 heterocycles. The van der Waals surface area contributed by atoms with E-state index in [1.54, 1.807) is 36.1 Å². The van der Waals surface area contributed by atoms with Crippen molar-refractivity contribution in [2.45, 2.75) is 25.8 Å². The Balaban J connectivity index is 1.83. The highest BCUT2D eigenvalue weighted by Gasteiger charge is 2.23. The summed E-state index contributed by atoms with van der Waals surface area (Å²) in [5.74, 6) is -0.927. The standard InChI is InChI=1S/C15H20N2O4/c1-2-21-15(20)17-9-7-13(8-10-17)16-12-5-3-11(4-6-12)14(18)19/h3-6,13,16H,2,7-10H2,1H3,(H,18,19). The Labute approximate surface area is 123 Å². The molecule has 0 spiro atoms. The maximum atomic E-state index is 11.6. The Morgan fingerprint density at radius 2 is 1.90 bits per heavy atom. The number of benzene rings is 1. The van der Waals surface area contributed by atoms with E-state index in [-0.39, 0.29) is 17.7 Å². The number of hydrogen-bond donors (Lipinski definition) is 2. The molecule has 0 aliphatic carbocycles. The van der Waals surface area contributed by atoms with Crippen LogP contribution in [0.15, 0.2) is 24.3 Å². The second kappa shape index (κ2) is 6.97. The zero-order valence-electron chi connectivity index (χ0n) is 12.0. The third-order valence-corrected chi connectivity index (χ3v) is 3.52. The number of rotatable bonds is 4. The fourth-order valence-electron chi connectivity index (χ4n) is 2.37. The average Bonchev–Trinajstić information content (AvgIpc) is 2.49. The number of carbonyl (C=O) groups excluding carboxylic acids is 1. The molecule has 6 heteroatoms. The van der Waals surface area contributed by atoms with Crippen molar-refractivity contribution in [3.8, 4) is 0 Å². The molecule has 1 aromatic rings. The molecule has 2 N–H and O–H groups in total. The number of aromatic carboxylic acids is 1. The van der Waals surface area contributed by atoms with Crippen molar-refractivity contribution >= 4 is 17.7 Å². The molecule has 1 amide bonds. The van der Waals surface area contributed by atoms with Crippen molar-refractivity contribution in [1.82, 2.24) is 4.90 Å². The van der Waals surface area contributed by atoms with Crippen LogP contribution in [0.25, 0.3) is 0 Å². The lowest BCUT2D eigenvalue weighted by atomic mass is 10.0. The summed E-state index contributed by atoms with van der Waals surface area (Å²) in [5.41, 5.74) is 1.17. The monoisotopic (exact) mass is 292 g/mol. The van der Waals surface area contributed by atoms with E-state index in [0.29, 0.717) is 19.7 Å². The van der Waals surface area contributed by atoms with Crippen LogP contribution < -0.4 is 5.32 Å². The summed E-state index contributed by atoms with van der Waals surface area (Å²) in [6.07, 6.45) is 1.45. The van der Waals surface area contributed by atoms with Gasteiger partial charge in [-0.05, 0) is 44.0 Å². The number of hydrogen-bond acceptors (Lipinski definition) is 4. The van der Waals surface area contributed by atoms with Gasteiger partial charge in [0.2, 0.25) is 0 Å². The van der Waals surface area contributed by atoms with Gasteiger partial charge in [0.1, 0.15) is 0 Å². The molecule has 1 fully saturated rings. The Morgan fingerprint density at radius 1 is 1.29 bits per heavy atom. The predicted octanol–water partition coefficient (Wildman–Crippen LogP) is 2.42. The van der Waals surface area contributed by atoms with Gasteiger partial charge in [-0.1, -0.05) is 0 Å². The molecular formula is C15H20N2O4. The molecule has 0 aromatic heterocycles. The van der Waals surface area contributed by atoms with Gasteiger partial charge < -0.3 is 20.1 Å². The van der Waals surface area contributed by atoms with Crippen molar-refractivity contribution in [3.05, 3.63) is 29.8 Å². The summed E-state index contributed by atoms with van der Waals surface area (Å²) in [5, 5.41) is 12.2. The van der Waals surface area contributed by atoms with Gasteiger partial charge in [0.15, 0.2) is 0 Å². The molecule has 0 saturated carbocycles. The van der Waals surface area contributed by atoms with Gasteiger partial charge in [-0.2, -0.15) is 0 Å². The highest BCUT2D eigenvalue weighted by molar-refractivity contribution is 5.88. The van der Waals surface area contributed by atoms with Crippen LogP contribution in [0.2, 0.25) is 0 Å². The van der Waals surface area contributed by atoms with Crippen LogP contribution in [0, 0.1) is 0 Å². The van der Waals surface area contributed by atoms with Gasteiger partial charge in [0.25, 0.3) is 0 Å². The molecule has 1 aliphatic heterocycles. The normalized spacial score (nSPS) is 15.6. The summed E-state index contributed by atoms with van der Waals surface area (Å²) in [6.45, 7) is 3.54. The number of ether oxygens (including phenoxy) is 1. The van der Waals surface area contributed by atoms with Gasteiger partial charge in [0, 0.05) is 24.8 Å². The summed E-state index contributed by atoms with van der Waals surface area (Å²) in [4.78, 5) is 24.1. The van der Waals surface area contributed by atoms with E-state index in [0.717, 1.165) is 18.5 Å². The molecule has 6 nitrogen and oxygen atoms in total. The van der Waals surface area contributed by atoms with Gasteiger partial charge >= 0.3 is 12.1 Å². The lowest BCUT2D eigenvalue weighted by Crippen LogP contribution is -2.42. The van der Waals surface area contributed by atoms with Crippen LogP contribution in [-0.2, 0) is 4.74 Å². The van der Waals surface area contributed by atoms with Crippen LogP contribution in [0.5, 0.6) is 0 Å². The van der Waals surface area contributed by atoms with E-state index in [2.05, 4.69) is 5.32 Å². The number of piperidine rings is 1. The molecule has 21 heavy (non-hydrogen) atoms. The minimum atomic E-state index is -0.927. The van der Waals surface area contributed by atoms with Crippen LogP contribution in [0.4, 0.5) is 10.5 Å².